The first-order valence-electron chi connectivity index (χ1n) is 7.38. The molecule has 1 saturated carbocycles. The minimum Gasteiger partial charge on any atom is -0.376 e. The summed E-state index contributed by atoms with van der Waals surface area (Å²) in [6.45, 7) is 0.760. The highest BCUT2D eigenvalue weighted by Gasteiger charge is 2.87. The topological polar surface area (TPSA) is 46.6 Å². The highest BCUT2D eigenvalue weighted by molar-refractivity contribution is 6.66. The van der Waals surface area contributed by atoms with E-state index < -0.39 is 37.7 Å². The predicted molar refractivity (Wildman–Crippen MR) is 93.0 cm³/mol. The molecule has 2 heterocycles. The fourth-order valence-electron chi connectivity index (χ4n) is 4.22. The van der Waals surface area contributed by atoms with Crippen molar-refractivity contribution in [3.8, 4) is 0 Å². The van der Waals surface area contributed by atoms with Gasteiger partial charge in [0.15, 0.2) is 4.33 Å². The number of halogens is 6. The van der Waals surface area contributed by atoms with Crippen molar-refractivity contribution in [2.75, 3.05) is 13.2 Å². The van der Waals surface area contributed by atoms with Gasteiger partial charge in [-0.05, 0) is 12.8 Å². The van der Waals surface area contributed by atoms with E-state index in [1.807, 2.05) is 0 Å². The summed E-state index contributed by atoms with van der Waals surface area (Å²) in [6, 6.07) is 0. The minimum absolute atomic E-state index is 0.0767. The molecule has 10 heteroatoms. The second-order valence-electron chi connectivity index (χ2n) is 6.50. The monoisotopic (exact) mass is 451 g/mol. The van der Waals surface area contributed by atoms with E-state index in [4.69, 9.17) is 74.3 Å². The van der Waals surface area contributed by atoms with Crippen LogP contribution in [0.15, 0.2) is 10.1 Å². The van der Waals surface area contributed by atoms with Crippen molar-refractivity contribution in [1.29, 1.82) is 0 Å². The molecule has 0 N–H and O–H groups in total. The van der Waals surface area contributed by atoms with Gasteiger partial charge in [-0.3, -0.25) is 14.5 Å². The SMILES string of the molecule is O=C1[C@@H]2[C@@H](C(=O)N1C[C@@H]1CCCO1)[C@@]1(Cl)C(Cl)=C(Cl)[C@@]2(Cl)C1(Cl)Cl. The zero-order chi connectivity index (χ0) is 17.7. The molecule has 0 aromatic carbocycles. The van der Waals surface area contributed by atoms with Crippen LogP contribution in [-0.4, -0.2) is 50.1 Å². The van der Waals surface area contributed by atoms with Gasteiger partial charge in [0.2, 0.25) is 11.8 Å². The molecule has 2 aliphatic heterocycles. The molecule has 0 spiro atoms. The molecule has 2 bridgehead atoms. The second kappa shape index (κ2) is 5.31. The van der Waals surface area contributed by atoms with E-state index >= 15 is 0 Å². The van der Waals surface area contributed by atoms with Crippen molar-refractivity contribution >= 4 is 81.4 Å². The fraction of sp³-hybridized carbons (Fsp3) is 0.714. The lowest BCUT2D eigenvalue weighted by molar-refractivity contribution is -0.142. The minimum atomic E-state index is -1.88. The molecular weight excluding hydrogens is 443 g/mol. The lowest BCUT2D eigenvalue weighted by Gasteiger charge is -2.34. The van der Waals surface area contributed by atoms with Gasteiger partial charge in [-0.25, -0.2) is 0 Å². The quantitative estimate of drug-likeness (QED) is 0.474. The van der Waals surface area contributed by atoms with Gasteiger partial charge >= 0.3 is 0 Å². The van der Waals surface area contributed by atoms with E-state index in [-0.39, 0.29) is 22.7 Å². The normalized spacial score (nSPS) is 46.4. The van der Waals surface area contributed by atoms with Gasteiger partial charge in [0, 0.05) is 6.61 Å². The molecule has 4 nitrogen and oxygen atoms in total. The number of ether oxygens (including phenoxy) is 1. The Morgan fingerprint density at radius 1 is 1.00 bits per heavy atom. The Bertz CT molecular complexity index is 644. The van der Waals surface area contributed by atoms with E-state index in [2.05, 4.69) is 0 Å². The molecule has 5 atom stereocenters. The Balaban J connectivity index is 1.78. The summed E-state index contributed by atoms with van der Waals surface area (Å²) in [7, 11) is 0. The van der Waals surface area contributed by atoms with Crippen LogP contribution in [-0.2, 0) is 14.3 Å². The standard InChI is InChI=1S/C14H11Cl6NO3/c15-8-9(16)13(18)7-6(12(8,17)14(13,19)20)10(22)21(11(7)23)4-5-2-1-3-24-5/h5-7H,1-4H2/t5-,6-,7-,12+,13+/m0/s1. The maximum Gasteiger partial charge on any atom is 0.235 e. The number of carbonyl (C=O) groups excluding carboxylic acids is 2. The number of alkyl halides is 4. The second-order valence-corrected chi connectivity index (χ2v) is 9.78. The molecule has 4 aliphatic rings. The molecule has 24 heavy (non-hydrogen) atoms. The van der Waals surface area contributed by atoms with E-state index in [1.54, 1.807) is 0 Å². The first-order valence-corrected chi connectivity index (χ1v) is 9.65. The molecule has 0 unspecified atom stereocenters. The van der Waals surface area contributed by atoms with E-state index in [0.29, 0.717) is 6.61 Å². The lowest BCUT2D eigenvalue weighted by atomic mass is 9.84. The Hall–Kier alpha value is 0.580. The van der Waals surface area contributed by atoms with Gasteiger partial charge in [-0.1, -0.05) is 46.4 Å². The van der Waals surface area contributed by atoms with Gasteiger partial charge in [0.1, 0.15) is 9.75 Å². The summed E-state index contributed by atoms with van der Waals surface area (Å²) in [6.07, 6.45) is 1.47. The molecular formula is C14H11Cl6NO3. The Morgan fingerprint density at radius 2 is 1.50 bits per heavy atom. The summed E-state index contributed by atoms with van der Waals surface area (Å²) in [5.74, 6) is -3.11. The average molecular weight is 454 g/mol. The number of imide groups is 1. The summed E-state index contributed by atoms with van der Waals surface area (Å²) in [5.41, 5.74) is 0. The first-order chi connectivity index (χ1) is 11.1. The van der Waals surface area contributed by atoms with Gasteiger partial charge in [0.05, 0.1) is 34.5 Å². The molecule has 2 aliphatic carbocycles. The van der Waals surface area contributed by atoms with E-state index in [1.165, 1.54) is 0 Å². The van der Waals surface area contributed by atoms with Crippen LogP contribution in [0.3, 0.4) is 0 Å². The van der Waals surface area contributed by atoms with Crippen LogP contribution >= 0.6 is 69.6 Å². The van der Waals surface area contributed by atoms with Crippen LogP contribution in [0.1, 0.15) is 12.8 Å². The maximum absolute atomic E-state index is 12.9. The summed E-state index contributed by atoms with van der Waals surface area (Å²) in [4.78, 5) is 23.5. The summed E-state index contributed by atoms with van der Waals surface area (Å²) in [5, 5.41) is -0.153. The van der Waals surface area contributed by atoms with Gasteiger partial charge in [-0.2, -0.15) is 0 Å². The third kappa shape index (κ3) is 1.75. The summed E-state index contributed by atoms with van der Waals surface area (Å²) >= 11 is 38.5. The first kappa shape index (κ1) is 18.0. The van der Waals surface area contributed by atoms with Crippen molar-refractivity contribution in [2.45, 2.75) is 33.0 Å². The van der Waals surface area contributed by atoms with Crippen molar-refractivity contribution < 1.29 is 14.3 Å². The number of carbonyl (C=O) groups is 2. The van der Waals surface area contributed by atoms with Crippen LogP contribution in [0.2, 0.25) is 0 Å². The number of nitrogens with zero attached hydrogens (tertiary/aromatic N) is 1. The number of rotatable bonds is 2. The van der Waals surface area contributed by atoms with Crippen molar-refractivity contribution in [3.63, 3.8) is 0 Å². The third-order valence-corrected chi connectivity index (χ3v) is 9.67. The largest absolute Gasteiger partial charge is 0.376 e. The highest BCUT2D eigenvalue weighted by Crippen LogP contribution is 2.77. The number of amides is 2. The Kier molecular flexibility index (Phi) is 3.98. The van der Waals surface area contributed by atoms with E-state index in [0.717, 1.165) is 17.7 Å². The molecule has 2 saturated heterocycles. The molecule has 132 valence electrons. The van der Waals surface area contributed by atoms with Crippen LogP contribution in [0.5, 0.6) is 0 Å². The zero-order valence-electron chi connectivity index (χ0n) is 12.0. The Morgan fingerprint density at radius 3 is 1.92 bits per heavy atom. The highest BCUT2D eigenvalue weighted by atomic mass is 35.5. The van der Waals surface area contributed by atoms with Crippen molar-refractivity contribution in [3.05, 3.63) is 10.1 Å². The van der Waals surface area contributed by atoms with E-state index in [9.17, 15) is 9.59 Å². The fourth-order valence-corrected chi connectivity index (χ4v) is 7.15. The van der Waals surface area contributed by atoms with Gasteiger partial charge < -0.3 is 4.74 Å². The number of hydrogen-bond donors (Lipinski definition) is 0. The van der Waals surface area contributed by atoms with Gasteiger partial charge in [0.25, 0.3) is 0 Å². The maximum atomic E-state index is 12.9. The van der Waals surface area contributed by atoms with Gasteiger partial charge in [-0.15, -0.1) is 23.2 Å². The number of likely N-dealkylation sites (tertiary alicyclic amines) is 1. The molecule has 0 aromatic heterocycles. The van der Waals surface area contributed by atoms with Crippen molar-refractivity contribution in [1.82, 2.24) is 4.90 Å². The average Bonchev–Trinajstić information content (AvgIpc) is 3.17. The lowest BCUT2D eigenvalue weighted by Crippen LogP contribution is -2.50. The van der Waals surface area contributed by atoms with Crippen molar-refractivity contribution in [2.24, 2.45) is 11.8 Å². The molecule has 3 fully saturated rings. The molecule has 0 radical (unpaired) electrons. The van der Waals surface area contributed by atoms with Crippen LogP contribution < -0.4 is 0 Å². The number of allylic oxidation sites excluding steroid dienone is 2. The van der Waals surface area contributed by atoms with Crippen LogP contribution in [0, 0.1) is 11.8 Å². The Labute approximate surface area is 168 Å². The van der Waals surface area contributed by atoms with Crippen LogP contribution in [0.4, 0.5) is 0 Å². The third-order valence-electron chi connectivity index (χ3n) is 5.41. The number of hydrogen-bond acceptors (Lipinski definition) is 3. The van der Waals surface area contributed by atoms with Crippen LogP contribution in [0.25, 0.3) is 0 Å². The predicted octanol–water partition coefficient (Wildman–Crippen LogP) is 3.61. The zero-order valence-corrected chi connectivity index (χ0v) is 16.5. The smallest absolute Gasteiger partial charge is 0.235 e. The molecule has 2 amide bonds. The molecule has 0 aromatic rings. The summed E-state index contributed by atoms with van der Waals surface area (Å²) < 4.78 is 3.63. The molecule has 4 rings (SSSR count). The number of fused-ring (bicyclic) bond motifs is 5.